The van der Waals surface area contributed by atoms with Crippen molar-refractivity contribution in [2.75, 3.05) is 13.1 Å². The summed E-state index contributed by atoms with van der Waals surface area (Å²) >= 11 is 1.61. The molecule has 0 saturated carbocycles. The van der Waals surface area contributed by atoms with Crippen molar-refractivity contribution < 1.29 is 4.79 Å². The van der Waals surface area contributed by atoms with Crippen LogP contribution >= 0.6 is 11.3 Å². The SMILES string of the molecule is CC(C(=O)Cc1nc(C(C)(C)C)cs1)C1CNC1. The van der Waals surface area contributed by atoms with Crippen LogP contribution in [-0.4, -0.2) is 23.9 Å². The number of nitrogens with one attached hydrogen (secondary N) is 1. The van der Waals surface area contributed by atoms with E-state index in [1.54, 1.807) is 11.3 Å². The van der Waals surface area contributed by atoms with Gasteiger partial charge in [-0.1, -0.05) is 27.7 Å². The van der Waals surface area contributed by atoms with Gasteiger partial charge in [0.25, 0.3) is 0 Å². The van der Waals surface area contributed by atoms with Crippen LogP contribution in [0.15, 0.2) is 5.38 Å². The standard InChI is InChI=1S/C14H22N2OS/c1-9(10-6-15-7-10)11(17)5-13-16-12(8-18-13)14(2,3)4/h8-10,15H,5-7H2,1-4H3. The third kappa shape index (κ3) is 2.98. The van der Waals surface area contributed by atoms with E-state index >= 15 is 0 Å². The number of hydrogen-bond acceptors (Lipinski definition) is 4. The summed E-state index contributed by atoms with van der Waals surface area (Å²) < 4.78 is 0. The molecule has 1 aromatic heterocycles. The van der Waals surface area contributed by atoms with Crippen LogP contribution in [0.1, 0.15) is 38.4 Å². The lowest BCUT2D eigenvalue weighted by molar-refractivity contribution is -0.123. The zero-order valence-corrected chi connectivity index (χ0v) is 12.4. The molecule has 1 fully saturated rings. The zero-order chi connectivity index (χ0) is 13.3. The van der Waals surface area contributed by atoms with Crippen molar-refractivity contribution in [3.05, 3.63) is 16.1 Å². The van der Waals surface area contributed by atoms with Crippen LogP contribution in [0.5, 0.6) is 0 Å². The fraction of sp³-hybridized carbons (Fsp3) is 0.714. The number of Topliss-reactive ketones (excluding diaryl/α,β-unsaturated/α-hetero) is 1. The summed E-state index contributed by atoms with van der Waals surface area (Å²) in [6.45, 7) is 10.5. The molecule has 3 nitrogen and oxygen atoms in total. The molecular formula is C14H22N2OS. The molecule has 0 spiro atoms. The molecule has 18 heavy (non-hydrogen) atoms. The van der Waals surface area contributed by atoms with E-state index in [1.165, 1.54) is 0 Å². The minimum absolute atomic E-state index is 0.0707. The molecule has 2 rings (SSSR count). The largest absolute Gasteiger partial charge is 0.316 e. The number of rotatable bonds is 4. The number of nitrogens with zero attached hydrogens (tertiary/aromatic N) is 1. The lowest BCUT2D eigenvalue weighted by atomic mass is 9.85. The van der Waals surface area contributed by atoms with Crippen LogP contribution in [0.4, 0.5) is 0 Å². The molecule has 0 radical (unpaired) electrons. The predicted molar refractivity (Wildman–Crippen MR) is 75.0 cm³/mol. The Morgan fingerprint density at radius 3 is 2.67 bits per heavy atom. The van der Waals surface area contributed by atoms with Gasteiger partial charge in [0.2, 0.25) is 0 Å². The smallest absolute Gasteiger partial charge is 0.142 e. The molecule has 1 aromatic rings. The number of hydrogen-bond donors (Lipinski definition) is 1. The Kier molecular flexibility index (Phi) is 3.87. The van der Waals surface area contributed by atoms with E-state index < -0.39 is 0 Å². The molecule has 1 saturated heterocycles. The van der Waals surface area contributed by atoms with Gasteiger partial charge in [0.05, 0.1) is 12.1 Å². The highest BCUT2D eigenvalue weighted by molar-refractivity contribution is 7.09. The molecule has 1 atom stereocenters. The van der Waals surface area contributed by atoms with E-state index in [1.807, 2.05) is 6.92 Å². The molecule has 1 unspecified atom stereocenters. The van der Waals surface area contributed by atoms with Crippen LogP contribution in [-0.2, 0) is 16.6 Å². The number of aromatic nitrogens is 1. The Hall–Kier alpha value is -0.740. The summed E-state index contributed by atoms with van der Waals surface area (Å²) in [5.74, 6) is 1.02. The van der Waals surface area contributed by atoms with Gasteiger partial charge in [-0.25, -0.2) is 4.98 Å². The first-order valence-electron chi connectivity index (χ1n) is 6.56. The van der Waals surface area contributed by atoms with E-state index in [4.69, 9.17) is 0 Å². The van der Waals surface area contributed by atoms with Crippen LogP contribution in [0.25, 0.3) is 0 Å². The summed E-state index contributed by atoms with van der Waals surface area (Å²) in [5, 5.41) is 6.26. The Morgan fingerprint density at radius 1 is 1.56 bits per heavy atom. The highest BCUT2D eigenvalue weighted by atomic mass is 32.1. The molecule has 1 N–H and O–H groups in total. The second-order valence-electron chi connectivity index (χ2n) is 6.23. The van der Waals surface area contributed by atoms with Gasteiger partial charge in [0, 0.05) is 16.7 Å². The minimum Gasteiger partial charge on any atom is -0.316 e. The van der Waals surface area contributed by atoms with Crippen LogP contribution in [0, 0.1) is 11.8 Å². The van der Waals surface area contributed by atoms with E-state index in [9.17, 15) is 4.79 Å². The molecular weight excluding hydrogens is 244 g/mol. The molecule has 1 aliphatic rings. The van der Waals surface area contributed by atoms with Crippen molar-refractivity contribution in [2.45, 2.75) is 39.5 Å². The maximum atomic E-state index is 12.1. The fourth-order valence-electron chi connectivity index (χ4n) is 1.97. The van der Waals surface area contributed by atoms with Crippen LogP contribution in [0.3, 0.4) is 0 Å². The van der Waals surface area contributed by atoms with Crippen molar-refractivity contribution in [1.82, 2.24) is 10.3 Å². The van der Waals surface area contributed by atoms with Crippen LogP contribution in [0.2, 0.25) is 0 Å². The fourth-order valence-corrected chi connectivity index (χ4v) is 3.00. The summed E-state index contributed by atoms with van der Waals surface area (Å²) in [7, 11) is 0. The first-order chi connectivity index (χ1) is 8.38. The number of carbonyl (C=O) groups is 1. The molecule has 100 valence electrons. The third-order valence-electron chi connectivity index (χ3n) is 3.67. The van der Waals surface area contributed by atoms with Gasteiger partial charge in [-0.2, -0.15) is 0 Å². The number of carbonyl (C=O) groups excluding carboxylic acids is 1. The Bertz CT molecular complexity index is 429. The first-order valence-corrected chi connectivity index (χ1v) is 7.44. The van der Waals surface area contributed by atoms with Crippen molar-refractivity contribution >= 4 is 17.1 Å². The Labute approximate surface area is 113 Å². The number of thiazole rings is 1. The van der Waals surface area contributed by atoms with Gasteiger partial charge in [0.15, 0.2) is 0 Å². The molecule has 0 aromatic carbocycles. The maximum absolute atomic E-state index is 12.1. The summed E-state index contributed by atoms with van der Waals surface area (Å²) in [5.41, 5.74) is 1.16. The quantitative estimate of drug-likeness (QED) is 0.910. The topological polar surface area (TPSA) is 42.0 Å². The Balaban J connectivity index is 1.96. The normalized spacial score (nSPS) is 18.4. The van der Waals surface area contributed by atoms with Crippen molar-refractivity contribution in [2.24, 2.45) is 11.8 Å². The monoisotopic (exact) mass is 266 g/mol. The van der Waals surface area contributed by atoms with Gasteiger partial charge in [0.1, 0.15) is 10.8 Å². The molecule has 4 heteroatoms. The zero-order valence-electron chi connectivity index (χ0n) is 11.6. The van der Waals surface area contributed by atoms with E-state index in [-0.39, 0.29) is 11.3 Å². The van der Waals surface area contributed by atoms with Crippen molar-refractivity contribution in [3.63, 3.8) is 0 Å². The van der Waals surface area contributed by atoms with Gasteiger partial charge in [-0.3, -0.25) is 4.79 Å². The summed E-state index contributed by atoms with van der Waals surface area (Å²) in [6.07, 6.45) is 0.498. The first kappa shape index (κ1) is 13.7. The molecule has 0 bridgehead atoms. The van der Waals surface area contributed by atoms with E-state index in [0.717, 1.165) is 23.8 Å². The van der Waals surface area contributed by atoms with Crippen molar-refractivity contribution in [3.8, 4) is 0 Å². The van der Waals surface area contributed by atoms with Crippen molar-refractivity contribution in [1.29, 1.82) is 0 Å². The van der Waals surface area contributed by atoms with Gasteiger partial charge < -0.3 is 5.32 Å². The third-order valence-corrected chi connectivity index (χ3v) is 4.52. The molecule has 0 amide bonds. The minimum atomic E-state index is 0.0707. The average Bonchev–Trinajstić information content (AvgIpc) is 2.62. The van der Waals surface area contributed by atoms with Gasteiger partial charge >= 0.3 is 0 Å². The molecule has 2 heterocycles. The lowest BCUT2D eigenvalue weighted by Crippen LogP contribution is -2.47. The maximum Gasteiger partial charge on any atom is 0.142 e. The van der Waals surface area contributed by atoms with E-state index in [2.05, 4.69) is 36.5 Å². The summed E-state index contributed by atoms with van der Waals surface area (Å²) in [6, 6.07) is 0. The van der Waals surface area contributed by atoms with Gasteiger partial charge in [-0.15, -0.1) is 11.3 Å². The predicted octanol–water partition coefficient (Wildman–Crippen LogP) is 2.41. The molecule has 1 aliphatic heterocycles. The van der Waals surface area contributed by atoms with Gasteiger partial charge in [-0.05, 0) is 19.0 Å². The summed E-state index contributed by atoms with van der Waals surface area (Å²) in [4.78, 5) is 16.7. The van der Waals surface area contributed by atoms with Crippen LogP contribution < -0.4 is 5.32 Å². The highest BCUT2D eigenvalue weighted by Crippen LogP contribution is 2.25. The highest BCUT2D eigenvalue weighted by Gasteiger charge is 2.29. The average molecular weight is 266 g/mol. The molecule has 0 aliphatic carbocycles. The second kappa shape index (κ2) is 5.10. The van der Waals surface area contributed by atoms with E-state index in [0.29, 0.717) is 18.1 Å². The Morgan fingerprint density at radius 2 is 2.22 bits per heavy atom. The lowest BCUT2D eigenvalue weighted by Gasteiger charge is -2.31. The second-order valence-corrected chi connectivity index (χ2v) is 7.17. The number of ketones is 1.